The Morgan fingerprint density at radius 3 is 2.20 bits per heavy atom. The number of benzene rings is 1. The molecule has 0 radical (unpaired) electrons. The van der Waals surface area contributed by atoms with Gasteiger partial charge in [0.15, 0.2) is 0 Å². The molecule has 0 N–H and O–H groups in total. The Hall–Kier alpha value is -2.33. The molecule has 1 aliphatic rings. The first-order valence-electron chi connectivity index (χ1n) is 10.2. The van der Waals surface area contributed by atoms with Crippen molar-refractivity contribution in [3.05, 3.63) is 23.8 Å². The Balaban J connectivity index is 2.04. The predicted molar refractivity (Wildman–Crippen MR) is 112 cm³/mol. The van der Waals surface area contributed by atoms with Crippen molar-refractivity contribution in [3.8, 4) is 5.75 Å². The molecule has 0 bridgehead atoms. The zero-order chi connectivity index (χ0) is 22.3. The number of hydrogen-bond acceptors (Lipinski definition) is 6. The summed E-state index contributed by atoms with van der Waals surface area (Å²) in [4.78, 5) is 27.8. The van der Waals surface area contributed by atoms with E-state index in [1.807, 2.05) is 6.92 Å². The number of aryl methyl sites for hydroxylation is 1. The van der Waals surface area contributed by atoms with Crippen LogP contribution in [0.5, 0.6) is 5.75 Å². The SMILES string of the molecule is CCOC(=O)N1CCN(C(=O)CN(CC)S(=O)(=O)c2ccc(OCC)c(C)c2)CC1. The summed E-state index contributed by atoms with van der Waals surface area (Å²) in [6.07, 6.45) is -0.395. The van der Waals surface area contributed by atoms with Gasteiger partial charge < -0.3 is 19.3 Å². The first kappa shape index (κ1) is 23.9. The van der Waals surface area contributed by atoms with Gasteiger partial charge >= 0.3 is 6.09 Å². The third kappa shape index (κ3) is 5.63. The van der Waals surface area contributed by atoms with E-state index in [1.54, 1.807) is 42.7 Å². The summed E-state index contributed by atoms with van der Waals surface area (Å²) in [7, 11) is -3.82. The van der Waals surface area contributed by atoms with Gasteiger partial charge in [-0.3, -0.25) is 4.79 Å². The highest BCUT2D eigenvalue weighted by Crippen LogP contribution is 2.24. The number of likely N-dealkylation sites (N-methyl/N-ethyl adjacent to an activating group) is 1. The molecule has 2 amide bonds. The first-order chi connectivity index (χ1) is 14.2. The van der Waals surface area contributed by atoms with Gasteiger partial charge in [-0.2, -0.15) is 4.31 Å². The van der Waals surface area contributed by atoms with E-state index in [2.05, 4.69) is 0 Å². The second kappa shape index (κ2) is 10.6. The number of sulfonamides is 1. The van der Waals surface area contributed by atoms with Gasteiger partial charge in [0.05, 0.1) is 24.7 Å². The molecule has 0 spiro atoms. The molecule has 0 atom stereocenters. The maximum atomic E-state index is 13.1. The lowest BCUT2D eigenvalue weighted by Gasteiger charge is -2.35. The molecule has 10 heteroatoms. The number of rotatable bonds is 8. The molecule has 1 aromatic carbocycles. The standard InChI is InChI=1S/C20H31N3O6S/c1-5-23(30(26,27)17-8-9-18(28-6-2)16(4)14-17)15-19(24)21-10-12-22(13-11-21)20(25)29-7-3/h8-9,14H,5-7,10-13,15H2,1-4H3. The lowest BCUT2D eigenvalue weighted by atomic mass is 10.2. The summed E-state index contributed by atoms with van der Waals surface area (Å²) in [5.74, 6) is 0.349. The zero-order valence-electron chi connectivity index (χ0n) is 18.1. The Kier molecular flexibility index (Phi) is 8.48. The van der Waals surface area contributed by atoms with Crippen LogP contribution in [0, 0.1) is 6.92 Å². The highest BCUT2D eigenvalue weighted by Gasteiger charge is 2.30. The second-order valence-corrected chi connectivity index (χ2v) is 8.80. The van der Waals surface area contributed by atoms with E-state index in [1.165, 1.54) is 10.4 Å². The molecular weight excluding hydrogens is 410 g/mol. The van der Waals surface area contributed by atoms with Gasteiger partial charge in [0.1, 0.15) is 5.75 Å². The van der Waals surface area contributed by atoms with Gasteiger partial charge in [-0.05, 0) is 44.5 Å². The van der Waals surface area contributed by atoms with E-state index in [0.717, 1.165) is 5.56 Å². The maximum Gasteiger partial charge on any atom is 0.409 e. The molecule has 0 unspecified atom stereocenters. The fourth-order valence-electron chi connectivity index (χ4n) is 3.22. The molecule has 0 aromatic heterocycles. The third-order valence-electron chi connectivity index (χ3n) is 4.91. The summed E-state index contributed by atoms with van der Waals surface area (Å²) in [6, 6.07) is 4.69. The van der Waals surface area contributed by atoms with Crippen LogP contribution in [-0.2, 0) is 19.6 Å². The van der Waals surface area contributed by atoms with Crippen LogP contribution in [0.3, 0.4) is 0 Å². The van der Waals surface area contributed by atoms with E-state index >= 15 is 0 Å². The predicted octanol–water partition coefficient (Wildman–Crippen LogP) is 1.71. The molecule has 1 saturated heterocycles. The van der Waals surface area contributed by atoms with Crippen LogP contribution in [0.2, 0.25) is 0 Å². The average Bonchev–Trinajstić information content (AvgIpc) is 2.73. The quantitative estimate of drug-likeness (QED) is 0.609. The summed E-state index contributed by atoms with van der Waals surface area (Å²) in [5, 5.41) is 0. The van der Waals surface area contributed by atoms with Crippen molar-refractivity contribution >= 4 is 22.0 Å². The number of nitrogens with zero attached hydrogens (tertiary/aromatic N) is 3. The molecule has 9 nitrogen and oxygen atoms in total. The monoisotopic (exact) mass is 441 g/mol. The second-order valence-electron chi connectivity index (χ2n) is 6.86. The third-order valence-corrected chi connectivity index (χ3v) is 6.82. The zero-order valence-corrected chi connectivity index (χ0v) is 18.9. The van der Waals surface area contributed by atoms with E-state index in [4.69, 9.17) is 9.47 Å². The Bertz CT molecular complexity index is 850. The van der Waals surface area contributed by atoms with Crippen LogP contribution >= 0.6 is 0 Å². The van der Waals surface area contributed by atoms with Crippen LogP contribution in [0.15, 0.2) is 23.1 Å². The molecule has 1 heterocycles. The molecule has 0 aliphatic carbocycles. The largest absolute Gasteiger partial charge is 0.494 e. The Morgan fingerprint density at radius 1 is 1.03 bits per heavy atom. The van der Waals surface area contributed by atoms with Gasteiger partial charge in [0.2, 0.25) is 15.9 Å². The van der Waals surface area contributed by atoms with Gasteiger partial charge in [0, 0.05) is 32.7 Å². The summed E-state index contributed by atoms with van der Waals surface area (Å²) in [5.41, 5.74) is 0.718. The molecular formula is C20H31N3O6S. The number of piperazine rings is 1. The van der Waals surface area contributed by atoms with Crippen LogP contribution in [0.4, 0.5) is 4.79 Å². The topological polar surface area (TPSA) is 96.5 Å². The molecule has 30 heavy (non-hydrogen) atoms. The minimum atomic E-state index is -3.82. The number of hydrogen-bond donors (Lipinski definition) is 0. The first-order valence-corrected chi connectivity index (χ1v) is 11.6. The van der Waals surface area contributed by atoms with Crippen molar-refractivity contribution in [2.75, 3.05) is 52.5 Å². The van der Waals surface area contributed by atoms with Gasteiger partial charge in [0.25, 0.3) is 0 Å². The number of carbonyl (C=O) groups excluding carboxylic acids is 2. The van der Waals surface area contributed by atoms with Gasteiger partial charge in [-0.15, -0.1) is 0 Å². The van der Waals surface area contributed by atoms with E-state index in [9.17, 15) is 18.0 Å². The summed E-state index contributed by atoms with van der Waals surface area (Å²) >= 11 is 0. The van der Waals surface area contributed by atoms with Gasteiger partial charge in [-0.25, -0.2) is 13.2 Å². The highest BCUT2D eigenvalue weighted by molar-refractivity contribution is 7.89. The van der Waals surface area contributed by atoms with Gasteiger partial charge in [-0.1, -0.05) is 6.92 Å². The smallest absolute Gasteiger partial charge is 0.409 e. The van der Waals surface area contributed by atoms with Crippen molar-refractivity contribution in [1.29, 1.82) is 0 Å². The molecule has 2 rings (SSSR count). The number of carbonyl (C=O) groups is 2. The molecule has 1 aliphatic heterocycles. The van der Waals surface area contributed by atoms with Crippen LogP contribution in [0.25, 0.3) is 0 Å². The van der Waals surface area contributed by atoms with E-state index in [0.29, 0.717) is 45.1 Å². The number of amides is 2. The van der Waals surface area contributed by atoms with Crippen LogP contribution in [0.1, 0.15) is 26.3 Å². The minimum Gasteiger partial charge on any atom is -0.494 e. The lowest BCUT2D eigenvalue weighted by molar-refractivity contribution is -0.133. The molecule has 1 aromatic rings. The van der Waals surface area contributed by atoms with Crippen LogP contribution < -0.4 is 4.74 Å². The molecule has 1 fully saturated rings. The summed E-state index contributed by atoms with van der Waals surface area (Å²) < 4.78 is 37.7. The fraction of sp³-hybridized carbons (Fsp3) is 0.600. The number of ether oxygens (including phenoxy) is 2. The Morgan fingerprint density at radius 2 is 1.67 bits per heavy atom. The molecule has 0 saturated carbocycles. The fourth-order valence-corrected chi connectivity index (χ4v) is 4.70. The average molecular weight is 442 g/mol. The van der Waals surface area contributed by atoms with Crippen molar-refractivity contribution in [1.82, 2.24) is 14.1 Å². The maximum absolute atomic E-state index is 13.1. The lowest BCUT2D eigenvalue weighted by Crippen LogP contribution is -2.53. The molecule has 168 valence electrons. The van der Waals surface area contributed by atoms with Crippen molar-refractivity contribution in [2.45, 2.75) is 32.6 Å². The van der Waals surface area contributed by atoms with Crippen molar-refractivity contribution in [3.63, 3.8) is 0 Å². The van der Waals surface area contributed by atoms with E-state index in [-0.39, 0.29) is 23.9 Å². The van der Waals surface area contributed by atoms with Crippen molar-refractivity contribution in [2.24, 2.45) is 0 Å². The summed E-state index contributed by atoms with van der Waals surface area (Å²) in [6.45, 7) is 9.22. The Labute approximate surface area is 178 Å². The van der Waals surface area contributed by atoms with E-state index < -0.39 is 16.1 Å². The highest BCUT2D eigenvalue weighted by atomic mass is 32.2. The normalized spacial score (nSPS) is 14.7. The van der Waals surface area contributed by atoms with Crippen LogP contribution in [-0.4, -0.2) is 87.0 Å². The van der Waals surface area contributed by atoms with Crippen molar-refractivity contribution < 1.29 is 27.5 Å². The minimum absolute atomic E-state index is 0.130.